The summed E-state index contributed by atoms with van der Waals surface area (Å²) in [7, 11) is 0. The minimum Gasteiger partial charge on any atom is -0.387 e. The summed E-state index contributed by atoms with van der Waals surface area (Å²) < 4.78 is 37.3. The highest BCUT2D eigenvalue weighted by molar-refractivity contribution is 7.09. The maximum Gasteiger partial charge on any atom is 0.434 e. The number of thiazole rings is 1. The maximum atomic E-state index is 12.4. The van der Waals surface area contributed by atoms with Crippen molar-refractivity contribution < 1.29 is 23.1 Å². The second kappa shape index (κ2) is 6.06. The number of hydrogen-bond acceptors (Lipinski definition) is 5. The second-order valence-corrected chi connectivity index (χ2v) is 5.38. The Kier molecular flexibility index (Phi) is 4.61. The topological polar surface area (TPSA) is 56.7 Å². The van der Waals surface area contributed by atoms with Crippen LogP contribution < -0.4 is 0 Å². The van der Waals surface area contributed by atoms with Gasteiger partial charge in [-0.1, -0.05) is 0 Å². The summed E-state index contributed by atoms with van der Waals surface area (Å²) in [5.41, 5.74) is -0.855. The third-order valence-corrected chi connectivity index (χ3v) is 3.89. The number of aliphatic hydroxyl groups is 1. The highest BCUT2D eigenvalue weighted by Crippen LogP contribution is 2.30. The van der Waals surface area contributed by atoms with Crippen LogP contribution in [0.1, 0.15) is 10.7 Å². The molecule has 0 radical (unpaired) electrons. The van der Waals surface area contributed by atoms with Crippen molar-refractivity contribution in [3.05, 3.63) is 16.1 Å². The third-order valence-electron chi connectivity index (χ3n) is 3.06. The summed E-state index contributed by atoms with van der Waals surface area (Å²) in [5, 5.41) is 10.2. The van der Waals surface area contributed by atoms with Crippen LogP contribution in [0.5, 0.6) is 0 Å². The van der Waals surface area contributed by atoms with Crippen LogP contribution in [0.15, 0.2) is 5.38 Å². The molecule has 0 saturated carbocycles. The van der Waals surface area contributed by atoms with E-state index in [9.17, 15) is 18.0 Å². The van der Waals surface area contributed by atoms with Gasteiger partial charge in [-0.15, -0.1) is 11.3 Å². The van der Waals surface area contributed by atoms with Crippen LogP contribution in [0.4, 0.5) is 13.2 Å². The fourth-order valence-electron chi connectivity index (χ4n) is 1.96. The number of piperazine rings is 1. The van der Waals surface area contributed by atoms with E-state index in [0.717, 1.165) is 16.7 Å². The number of rotatable bonds is 3. The second-order valence-electron chi connectivity index (χ2n) is 4.44. The monoisotopic (exact) mass is 309 g/mol. The normalized spacial score (nSPS) is 17.5. The van der Waals surface area contributed by atoms with Crippen LogP contribution in [-0.2, 0) is 17.5 Å². The van der Waals surface area contributed by atoms with Crippen LogP contribution in [0, 0.1) is 0 Å². The largest absolute Gasteiger partial charge is 0.434 e. The lowest BCUT2D eigenvalue weighted by Gasteiger charge is -2.33. The first-order valence-corrected chi connectivity index (χ1v) is 6.90. The first-order valence-electron chi connectivity index (χ1n) is 6.02. The van der Waals surface area contributed by atoms with Crippen LogP contribution in [0.25, 0.3) is 0 Å². The molecule has 2 rings (SSSR count). The first-order chi connectivity index (χ1) is 9.40. The molecule has 1 fully saturated rings. The number of alkyl halides is 3. The van der Waals surface area contributed by atoms with Crippen LogP contribution >= 0.6 is 11.3 Å². The highest BCUT2D eigenvalue weighted by atomic mass is 32.1. The Hall–Kier alpha value is -1.19. The third kappa shape index (κ3) is 3.68. The van der Waals surface area contributed by atoms with Crippen molar-refractivity contribution in [3.63, 3.8) is 0 Å². The van der Waals surface area contributed by atoms with Gasteiger partial charge in [-0.25, -0.2) is 4.98 Å². The molecule has 0 unspecified atom stereocenters. The van der Waals surface area contributed by atoms with Crippen molar-refractivity contribution >= 4 is 17.2 Å². The lowest BCUT2D eigenvalue weighted by atomic mass is 10.3. The zero-order valence-corrected chi connectivity index (χ0v) is 11.4. The number of hydrogen-bond donors (Lipinski definition) is 1. The van der Waals surface area contributed by atoms with Gasteiger partial charge < -0.3 is 10.0 Å². The minimum atomic E-state index is -4.40. The molecule has 5 nitrogen and oxygen atoms in total. The molecule has 0 aromatic carbocycles. The molecule has 20 heavy (non-hydrogen) atoms. The molecule has 1 aliphatic heterocycles. The summed E-state index contributed by atoms with van der Waals surface area (Å²) in [6.07, 6.45) is -4.40. The summed E-state index contributed by atoms with van der Waals surface area (Å²) in [5.74, 6) is -0.321. The van der Waals surface area contributed by atoms with Gasteiger partial charge in [-0.3, -0.25) is 9.69 Å². The van der Waals surface area contributed by atoms with Crippen molar-refractivity contribution in [1.82, 2.24) is 14.8 Å². The van der Waals surface area contributed by atoms with E-state index >= 15 is 0 Å². The molecule has 9 heteroatoms. The van der Waals surface area contributed by atoms with Gasteiger partial charge in [0.05, 0.1) is 6.54 Å². The van der Waals surface area contributed by atoms with E-state index in [1.54, 1.807) is 4.90 Å². The fourth-order valence-corrected chi connectivity index (χ4v) is 2.80. The van der Waals surface area contributed by atoms with E-state index in [0.29, 0.717) is 37.7 Å². The minimum absolute atomic E-state index is 0.321. The van der Waals surface area contributed by atoms with E-state index in [1.807, 2.05) is 4.90 Å². The van der Waals surface area contributed by atoms with E-state index in [4.69, 9.17) is 5.11 Å². The molecule has 0 spiro atoms. The van der Waals surface area contributed by atoms with Crippen LogP contribution in [0.3, 0.4) is 0 Å². The van der Waals surface area contributed by atoms with E-state index in [1.165, 1.54) is 0 Å². The Balaban J connectivity index is 1.87. The molecule has 0 bridgehead atoms. The number of aromatic nitrogens is 1. The van der Waals surface area contributed by atoms with E-state index < -0.39 is 18.5 Å². The summed E-state index contributed by atoms with van der Waals surface area (Å²) in [6, 6.07) is 0. The number of carbonyl (C=O) groups excluding carboxylic acids is 1. The Morgan fingerprint density at radius 3 is 2.50 bits per heavy atom. The number of carbonyl (C=O) groups is 1. The standard InChI is InChI=1S/C11H14F3N3O2S/c12-11(13,14)8-7-20-9(15-8)5-16-1-3-17(4-2-16)10(19)6-18/h7,18H,1-6H2. The zero-order chi connectivity index (χ0) is 14.8. The molecule has 0 atom stereocenters. The lowest BCUT2D eigenvalue weighted by Crippen LogP contribution is -2.49. The lowest BCUT2D eigenvalue weighted by molar-refractivity contribution is -0.141. The van der Waals surface area contributed by atoms with Crippen LogP contribution in [-0.4, -0.2) is 58.6 Å². The van der Waals surface area contributed by atoms with Crippen molar-refractivity contribution in [2.45, 2.75) is 12.7 Å². The van der Waals surface area contributed by atoms with Crippen LogP contribution in [0.2, 0.25) is 0 Å². The van der Waals surface area contributed by atoms with Crippen molar-refractivity contribution in [2.24, 2.45) is 0 Å². The molecular weight excluding hydrogens is 295 g/mol. The van der Waals surface area contributed by atoms with E-state index in [-0.39, 0.29) is 5.91 Å². The van der Waals surface area contributed by atoms with Gasteiger partial charge in [0.15, 0.2) is 5.69 Å². The Labute approximate surface area is 117 Å². The van der Waals surface area contributed by atoms with Gasteiger partial charge in [-0.05, 0) is 0 Å². The fraction of sp³-hybridized carbons (Fsp3) is 0.636. The van der Waals surface area contributed by atoms with Crippen molar-refractivity contribution in [2.75, 3.05) is 32.8 Å². The Morgan fingerprint density at radius 2 is 2.00 bits per heavy atom. The predicted molar refractivity (Wildman–Crippen MR) is 66.1 cm³/mol. The first kappa shape index (κ1) is 15.2. The van der Waals surface area contributed by atoms with Crippen molar-refractivity contribution in [1.29, 1.82) is 0 Å². The van der Waals surface area contributed by atoms with Gasteiger partial charge in [-0.2, -0.15) is 13.2 Å². The van der Waals surface area contributed by atoms with E-state index in [2.05, 4.69) is 4.98 Å². The number of amides is 1. The molecule has 1 amide bonds. The number of halogens is 3. The average molecular weight is 309 g/mol. The van der Waals surface area contributed by atoms with Gasteiger partial charge in [0.1, 0.15) is 11.6 Å². The molecule has 1 aromatic heterocycles. The molecule has 112 valence electrons. The molecule has 1 aliphatic rings. The Morgan fingerprint density at radius 1 is 1.35 bits per heavy atom. The zero-order valence-electron chi connectivity index (χ0n) is 10.6. The summed E-state index contributed by atoms with van der Waals surface area (Å²) in [6.45, 7) is 1.90. The smallest absolute Gasteiger partial charge is 0.387 e. The summed E-state index contributed by atoms with van der Waals surface area (Å²) in [4.78, 5) is 18.3. The number of nitrogens with zero attached hydrogens (tertiary/aromatic N) is 3. The molecular formula is C11H14F3N3O2S. The molecule has 1 aromatic rings. The van der Waals surface area contributed by atoms with Gasteiger partial charge in [0.2, 0.25) is 5.91 Å². The van der Waals surface area contributed by atoms with Gasteiger partial charge in [0, 0.05) is 31.6 Å². The Bertz CT molecular complexity index is 470. The predicted octanol–water partition coefficient (Wildman–Crippen LogP) is 0.798. The molecule has 1 N–H and O–H groups in total. The van der Waals surface area contributed by atoms with Gasteiger partial charge in [0.25, 0.3) is 0 Å². The molecule has 1 saturated heterocycles. The maximum absolute atomic E-state index is 12.4. The average Bonchev–Trinajstić information content (AvgIpc) is 2.87. The molecule has 2 heterocycles. The number of aliphatic hydroxyl groups excluding tert-OH is 1. The SMILES string of the molecule is O=C(CO)N1CCN(Cc2nc(C(F)(F)F)cs2)CC1. The highest BCUT2D eigenvalue weighted by Gasteiger charge is 2.34. The quantitative estimate of drug-likeness (QED) is 0.897. The summed E-state index contributed by atoms with van der Waals surface area (Å²) >= 11 is 0.988. The van der Waals surface area contributed by atoms with Crippen molar-refractivity contribution in [3.8, 4) is 0 Å². The molecule has 0 aliphatic carbocycles. The van der Waals surface area contributed by atoms with Gasteiger partial charge >= 0.3 is 6.18 Å².